The molecule has 33 heavy (non-hydrogen) atoms. The van der Waals surface area contributed by atoms with Gasteiger partial charge in [0.2, 0.25) is 0 Å². The van der Waals surface area contributed by atoms with Gasteiger partial charge in [-0.25, -0.2) is 9.78 Å². The molecule has 5 rings (SSSR count). The van der Waals surface area contributed by atoms with Gasteiger partial charge in [0.15, 0.2) is 0 Å². The van der Waals surface area contributed by atoms with E-state index in [-0.39, 0.29) is 12.6 Å². The van der Waals surface area contributed by atoms with E-state index in [1.807, 2.05) is 36.1 Å². The van der Waals surface area contributed by atoms with Crippen LogP contribution < -0.4 is 11.2 Å². The molecule has 0 aliphatic carbocycles. The summed E-state index contributed by atoms with van der Waals surface area (Å²) in [5, 5.41) is 9.71. The number of H-pyrrole nitrogens is 1. The van der Waals surface area contributed by atoms with E-state index in [4.69, 9.17) is 4.98 Å². The van der Waals surface area contributed by atoms with Gasteiger partial charge in [-0.05, 0) is 44.0 Å². The van der Waals surface area contributed by atoms with Crippen LogP contribution in [0, 0.1) is 6.92 Å². The number of aliphatic hydroxyl groups excluding tert-OH is 1. The molecule has 4 aromatic heterocycles. The van der Waals surface area contributed by atoms with Crippen LogP contribution in [0.3, 0.4) is 0 Å². The molecule has 0 bridgehead atoms. The highest BCUT2D eigenvalue weighted by Gasteiger charge is 2.25. The summed E-state index contributed by atoms with van der Waals surface area (Å²) < 4.78 is 1.66. The highest BCUT2D eigenvalue weighted by molar-refractivity contribution is 6.01. The standard InChI is InChI=1S/C24H24N6O3/c1-14-3-4-16(11-25-14)19-5-6-20-21(27-19)22-18(12-26-20)23(32)28-24(33)30(22)17-7-9-29(10-8-17)15(2)13-31/h3-6,11-12,17,31H,2,7-10,13H2,1H3,(H,28,32,33). The minimum atomic E-state index is -0.476. The largest absolute Gasteiger partial charge is 0.390 e. The Balaban J connectivity index is 1.69. The Morgan fingerprint density at radius 2 is 1.94 bits per heavy atom. The van der Waals surface area contributed by atoms with Gasteiger partial charge in [-0.15, -0.1) is 0 Å². The van der Waals surface area contributed by atoms with E-state index in [1.54, 1.807) is 10.8 Å². The van der Waals surface area contributed by atoms with Crippen LogP contribution in [-0.2, 0) is 0 Å². The minimum Gasteiger partial charge on any atom is -0.390 e. The van der Waals surface area contributed by atoms with E-state index in [1.165, 1.54) is 6.20 Å². The number of likely N-dealkylation sites (tertiary alicyclic amines) is 1. The third-order valence-electron chi connectivity index (χ3n) is 6.28. The lowest BCUT2D eigenvalue weighted by Crippen LogP contribution is -2.40. The van der Waals surface area contributed by atoms with E-state index in [0.29, 0.717) is 59.3 Å². The van der Waals surface area contributed by atoms with Gasteiger partial charge < -0.3 is 10.0 Å². The summed E-state index contributed by atoms with van der Waals surface area (Å²) in [7, 11) is 0. The number of pyridine rings is 3. The lowest BCUT2D eigenvalue weighted by molar-refractivity contribution is 0.195. The van der Waals surface area contributed by atoms with Crippen molar-refractivity contribution in [3.63, 3.8) is 0 Å². The lowest BCUT2D eigenvalue weighted by atomic mass is 10.0. The number of aromatic amines is 1. The molecular weight excluding hydrogens is 420 g/mol. The van der Waals surface area contributed by atoms with E-state index < -0.39 is 11.2 Å². The van der Waals surface area contributed by atoms with Gasteiger partial charge in [-0.3, -0.25) is 24.3 Å². The quantitative estimate of drug-likeness (QED) is 0.463. The Labute approximate surface area is 189 Å². The fourth-order valence-electron chi connectivity index (χ4n) is 4.46. The summed E-state index contributed by atoms with van der Waals surface area (Å²) >= 11 is 0. The van der Waals surface area contributed by atoms with Crippen molar-refractivity contribution in [1.82, 2.24) is 29.4 Å². The summed E-state index contributed by atoms with van der Waals surface area (Å²) in [6.45, 7) is 7.04. The van der Waals surface area contributed by atoms with Crippen LogP contribution >= 0.6 is 0 Å². The average molecular weight is 444 g/mol. The summed E-state index contributed by atoms with van der Waals surface area (Å²) in [5.74, 6) is 0. The smallest absolute Gasteiger partial charge is 0.329 e. The highest BCUT2D eigenvalue weighted by Crippen LogP contribution is 2.29. The van der Waals surface area contributed by atoms with Crippen LogP contribution in [0.5, 0.6) is 0 Å². The fourth-order valence-corrected chi connectivity index (χ4v) is 4.46. The van der Waals surface area contributed by atoms with Gasteiger partial charge in [0, 0.05) is 48.5 Å². The summed E-state index contributed by atoms with van der Waals surface area (Å²) in [5.41, 5.74) is 3.79. The maximum Gasteiger partial charge on any atom is 0.329 e. The van der Waals surface area contributed by atoms with Crippen molar-refractivity contribution in [1.29, 1.82) is 0 Å². The zero-order chi connectivity index (χ0) is 23.1. The Kier molecular flexibility index (Phi) is 5.26. The van der Waals surface area contributed by atoms with Gasteiger partial charge in [0.05, 0.1) is 28.7 Å². The first kappa shape index (κ1) is 21.0. The van der Waals surface area contributed by atoms with Crippen molar-refractivity contribution in [2.24, 2.45) is 0 Å². The van der Waals surface area contributed by atoms with Crippen LogP contribution in [0.4, 0.5) is 0 Å². The van der Waals surface area contributed by atoms with Crippen molar-refractivity contribution in [2.45, 2.75) is 25.8 Å². The second-order valence-electron chi connectivity index (χ2n) is 8.34. The van der Waals surface area contributed by atoms with Crippen LogP contribution in [0.2, 0.25) is 0 Å². The third-order valence-corrected chi connectivity index (χ3v) is 6.28. The molecule has 9 nitrogen and oxygen atoms in total. The molecule has 0 radical (unpaired) electrons. The second kappa shape index (κ2) is 8.25. The molecular formula is C24H24N6O3. The van der Waals surface area contributed by atoms with Crippen LogP contribution in [-0.4, -0.2) is 54.2 Å². The maximum absolute atomic E-state index is 13.0. The summed E-state index contributed by atoms with van der Waals surface area (Å²) in [6.07, 6.45) is 4.60. The van der Waals surface area contributed by atoms with Crippen molar-refractivity contribution in [3.8, 4) is 11.3 Å². The number of aryl methyl sites for hydroxylation is 1. The predicted octanol–water partition coefficient (Wildman–Crippen LogP) is 2.15. The number of piperidine rings is 1. The first-order chi connectivity index (χ1) is 16.0. The molecule has 1 aliphatic heterocycles. The zero-order valence-corrected chi connectivity index (χ0v) is 18.3. The number of rotatable bonds is 4. The molecule has 0 atom stereocenters. The van der Waals surface area contributed by atoms with Gasteiger partial charge in [-0.1, -0.05) is 6.58 Å². The van der Waals surface area contributed by atoms with Gasteiger partial charge in [0.1, 0.15) is 5.52 Å². The molecule has 168 valence electrons. The Hall–Kier alpha value is -3.85. The van der Waals surface area contributed by atoms with E-state index in [9.17, 15) is 14.7 Å². The van der Waals surface area contributed by atoms with Gasteiger partial charge >= 0.3 is 5.69 Å². The van der Waals surface area contributed by atoms with Crippen molar-refractivity contribution in [2.75, 3.05) is 19.7 Å². The van der Waals surface area contributed by atoms with E-state index in [0.717, 1.165) is 11.3 Å². The number of nitrogens with zero attached hydrogens (tertiary/aromatic N) is 5. The predicted molar refractivity (Wildman–Crippen MR) is 126 cm³/mol. The number of hydrogen-bond acceptors (Lipinski definition) is 7. The second-order valence-corrected chi connectivity index (χ2v) is 8.34. The Morgan fingerprint density at radius 1 is 1.15 bits per heavy atom. The molecule has 0 spiro atoms. The SMILES string of the molecule is C=C(CO)N1CCC(n2c(=O)[nH]c(=O)c3cnc4ccc(-c5ccc(C)nc5)nc4c32)CC1. The van der Waals surface area contributed by atoms with Crippen LogP contribution in [0.1, 0.15) is 24.6 Å². The van der Waals surface area contributed by atoms with Gasteiger partial charge in [0.25, 0.3) is 5.56 Å². The normalized spacial score (nSPS) is 14.8. The Morgan fingerprint density at radius 3 is 2.64 bits per heavy atom. The summed E-state index contributed by atoms with van der Waals surface area (Å²) in [4.78, 5) is 43.8. The average Bonchev–Trinajstić information content (AvgIpc) is 2.84. The molecule has 9 heteroatoms. The molecule has 4 aromatic rings. The molecule has 0 unspecified atom stereocenters. The molecule has 5 heterocycles. The molecule has 1 fully saturated rings. The fraction of sp³-hybridized carbons (Fsp3) is 0.292. The molecule has 0 saturated carbocycles. The van der Waals surface area contributed by atoms with Crippen LogP contribution in [0.25, 0.3) is 33.2 Å². The van der Waals surface area contributed by atoms with E-state index >= 15 is 0 Å². The first-order valence-corrected chi connectivity index (χ1v) is 10.9. The topological polar surface area (TPSA) is 117 Å². The van der Waals surface area contributed by atoms with Crippen molar-refractivity contribution < 1.29 is 5.11 Å². The third kappa shape index (κ3) is 3.70. The first-order valence-electron chi connectivity index (χ1n) is 10.9. The maximum atomic E-state index is 13.0. The molecule has 0 aromatic carbocycles. The molecule has 1 aliphatic rings. The molecule has 0 amide bonds. The zero-order valence-electron chi connectivity index (χ0n) is 18.3. The monoisotopic (exact) mass is 444 g/mol. The number of hydrogen-bond donors (Lipinski definition) is 2. The highest BCUT2D eigenvalue weighted by atomic mass is 16.3. The van der Waals surface area contributed by atoms with Crippen molar-refractivity contribution in [3.05, 3.63) is 75.5 Å². The van der Waals surface area contributed by atoms with E-state index in [2.05, 4.69) is 21.5 Å². The number of aliphatic hydroxyl groups is 1. The molecule has 2 N–H and O–H groups in total. The van der Waals surface area contributed by atoms with Crippen LogP contribution in [0.15, 0.2) is 58.5 Å². The number of fused-ring (bicyclic) bond motifs is 3. The number of nitrogens with one attached hydrogen (secondary N) is 1. The summed E-state index contributed by atoms with van der Waals surface area (Å²) in [6, 6.07) is 7.44. The lowest BCUT2D eigenvalue weighted by Gasteiger charge is -2.35. The number of aromatic nitrogens is 5. The molecule has 1 saturated heterocycles. The van der Waals surface area contributed by atoms with Crippen molar-refractivity contribution >= 4 is 21.9 Å². The minimum absolute atomic E-state index is 0.0942. The Bertz CT molecular complexity index is 1480. The van der Waals surface area contributed by atoms with Gasteiger partial charge in [-0.2, -0.15) is 0 Å².